The van der Waals surface area contributed by atoms with E-state index in [0.717, 1.165) is 43.1 Å². The lowest BCUT2D eigenvalue weighted by Gasteiger charge is -2.34. The summed E-state index contributed by atoms with van der Waals surface area (Å²) in [5, 5.41) is 11.6. The number of aromatic nitrogens is 7. The molecule has 0 aliphatic carbocycles. The normalized spacial score (nSPS) is 14.2. The number of likely N-dealkylation sites (N-methyl/N-ethyl adjacent to an activating group) is 1. The van der Waals surface area contributed by atoms with Gasteiger partial charge >= 0.3 is 0 Å². The van der Waals surface area contributed by atoms with Gasteiger partial charge in [0.25, 0.3) is 0 Å². The van der Waals surface area contributed by atoms with Gasteiger partial charge in [-0.05, 0) is 54.5 Å². The van der Waals surface area contributed by atoms with E-state index in [2.05, 4.69) is 63.5 Å². The molecule has 0 saturated carbocycles. The zero-order valence-electron chi connectivity index (χ0n) is 25.1. The Morgan fingerprint density at radius 2 is 1.73 bits per heavy atom. The van der Waals surface area contributed by atoms with Gasteiger partial charge in [-0.15, -0.1) is 0 Å². The molecule has 0 atom stereocenters. The number of nitrogens with zero attached hydrogens (tertiary/aromatic N) is 9. The molecule has 0 unspecified atom stereocenters. The van der Waals surface area contributed by atoms with Crippen LogP contribution in [0.15, 0.2) is 53.7 Å². The van der Waals surface area contributed by atoms with Crippen molar-refractivity contribution < 1.29 is 9.30 Å². The zero-order valence-corrected chi connectivity index (χ0v) is 27.6. The molecular weight excluding hydrogens is 645 g/mol. The lowest BCUT2D eigenvalue weighted by Crippen LogP contribution is -2.45. The first kappa shape index (κ1) is 29.9. The van der Waals surface area contributed by atoms with Crippen molar-refractivity contribution in [3.8, 4) is 17.0 Å². The summed E-state index contributed by atoms with van der Waals surface area (Å²) in [6, 6.07) is 5.69. The van der Waals surface area contributed by atoms with Crippen LogP contribution in [-0.2, 0) is 11.6 Å². The third-order valence-electron chi connectivity index (χ3n) is 7.38. The Kier molecular flexibility index (Phi) is 8.23. The van der Waals surface area contributed by atoms with Gasteiger partial charge < -0.3 is 29.7 Å². The number of benzene rings is 1. The molecule has 1 saturated heterocycles. The minimum Gasteiger partial charge on any atom is -0.479 e. The quantitative estimate of drug-likeness (QED) is 0.224. The smallest absolute Gasteiger partial charge is 0.239 e. The number of hydrogen-bond acceptors (Lipinski definition) is 12. The molecule has 228 valence electrons. The fourth-order valence-electron chi connectivity index (χ4n) is 5.20. The van der Waals surface area contributed by atoms with Crippen LogP contribution in [0.3, 0.4) is 0 Å². The molecule has 1 aromatic carbocycles. The molecule has 15 heteroatoms. The molecule has 4 aromatic heterocycles. The number of anilines is 5. The van der Waals surface area contributed by atoms with Gasteiger partial charge in [0.1, 0.15) is 30.0 Å². The van der Waals surface area contributed by atoms with Gasteiger partial charge in [-0.1, -0.05) is 0 Å². The molecule has 0 radical (unpaired) electrons. The predicted octanol–water partition coefficient (Wildman–Crippen LogP) is 4.47. The Balaban J connectivity index is 1.37. The van der Waals surface area contributed by atoms with Crippen molar-refractivity contribution >= 4 is 68.4 Å². The van der Waals surface area contributed by atoms with Crippen LogP contribution in [0.25, 0.3) is 22.2 Å². The van der Waals surface area contributed by atoms with Gasteiger partial charge in [0.2, 0.25) is 11.8 Å². The van der Waals surface area contributed by atoms with E-state index in [4.69, 9.17) is 14.7 Å². The van der Waals surface area contributed by atoms with Crippen LogP contribution in [0, 0.1) is 0 Å². The Bertz CT molecular complexity index is 1890. The SMILES string of the molecule is COc1nc(N2CCN(C)CC2)c(-c2cnn(C)c2)cc1Nc1ncc(Br)c(Nc2ccc3nccnc3c2P(C)(C)=O)n1. The molecule has 1 aliphatic heterocycles. The highest BCUT2D eigenvalue weighted by molar-refractivity contribution is 9.10. The van der Waals surface area contributed by atoms with E-state index < -0.39 is 7.14 Å². The van der Waals surface area contributed by atoms with Crippen molar-refractivity contribution in [3.63, 3.8) is 0 Å². The first-order chi connectivity index (χ1) is 21.1. The molecule has 1 fully saturated rings. The zero-order chi connectivity index (χ0) is 31.0. The summed E-state index contributed by atoms with van der Waals surface area (Å²) in [6.45, 7) is 7.01. The highest BCUT2D eigenvalue weighted by atomic mass is 79.9. The third-order valence-corrected chi connectivity index (χ3v) is 9.49. The van der Waals surface area contributed by atoms with E-state index in [-0.39, 0.29) is 0 Å². The van der Waals surface area contributed by atoms with Crippen molar-refractivity contribution in [1.29, 1.82) is 0 Å². The second-order valence-corrected chi connectivity index (χ2v) is 15.0. The Hall–Kier alpha value is -4.13. The van der Waals surface area contributed by atoms with Crippen molar-refractivity contribution in [2.75, 3.05) is 69.2 Å². The number of halogens is 1. The minimum atomic E-state index is -2.76. The summed E-state index contributed by atoms with van der Waals surface area (Å²) in [5.41, 5.74) is 4.36. The maximum Gasteiger partial charge on any atom is 0.239 e. The number of fused-ring (bicyclic) bond motifs is 1. The predicted molar refractivity (Wildman–Crippen MR) is 178 cm³/mol. The largest absolute Gasteiger partial charge is 0.479 e. The van der Waals surface area contributed by atoms with Gasteiger partial charge in [0.15, 0.2) is 0 Å². The fraction of sp³-hybridized carbons (Fsp3) is 0.310. The summed E-state index contributed by atoms with van der Waals surface area (Å²) in [7, 11) is 2.85. The molecular formula is C29H33BrN11O2P. The molecule has 0 amide bonds. The number of hydrogen-bond donors (Lipinski definition) is 2. The second-order valence-electron chi connectivity index (χ2n) is 11.0. The minimum absolute atomic E-state index is 0.318. The van der Waals surface area contributed by atoms with Crippen LogP contribution in [0.4, 0.5) is 29.0 Å². The molecule has 2 N–H and O–H groups in total. The standard InChI is InChI=1S/C29H33BrN11O2P/c1-39-10-12-41(13-11-39)27-19(18-15-34-40(2)17-18)14-23(28(38-27)43-3)36-29-33-16-20(30)26(37-29)35-22-7-6-21-24(32-9-8-31-21)25(22)44(4,5)42/h6-9,14-17H,10-13H2,1-5H3,(H2,33,35,36,37). The number of methoxy groups -OCH3 is 1. The van der Waals surface area contributed by atoms with E-state index in [1.807, 2.05) is 37.6 Å². The number of piperazine rings is 1. The van der Waals surface area contributed by atoms with Crippen LogP contribution in [-0.4, -0.2) is 93.3 Å². The fourth-order valence-corrected chi connectivity index (χ4v) is 6.88. The van der Waals surface area contributed by atoms with Gasteiger partial charge in [-0.2, -0.15) is 15.1 Å². The van der Waals surface area contributed by atoms with Crippen LogP contribution in [0.2, 0.25) is 0 Å². The monoisotopic (exact) mass is 677 g/mol. The highest BCUT2D eigenvalue weighted by Crippen LogP contribution is 2.42. The number of ether oxygens (including phenoxy) is 1. The Morgan fingerprint density at radius 3 is 2.43 bits per heavy atom. The molecule has 0 spiro atoms. The van der Waals surface area contributed by atoms with Crippen molar-refractivity contribution in [2.45, 2.75) is 0 Å². The lowest BCUT2D eigenvalue weighted by molar-refractivity contribution is 0.311. The number of pyridine rings is 1. The van der Waals surface area contributed by atoms with Crippen molar-refractivity contribution in [1.82, 2.24) is 39.6 Å². The number of nitrogens with one attached hydrogen (secondary N) is 2. The van der Waals surface area contributed by atoms with E-state index in [1.165, 1.54) is 0 Å². The Morgan fingerprint density at radius 1 is 0.955 bits per heavy atom. The summed E-state index contributed by atoms with van der Waals surface area (Å²) < 4.78 is 21.6. The topological polar surface area (TPSA) is 139 Å². The molecule has 5 aromatic rings. The van der Waals surface area contributed by atoms with Gasteiger partial charge in [-0.25, -0.2) is 4.98 Å². The summed E-state index contributed by atoms with van der Waals surface area (Å²) in [4.78, 5) is 27.6. The molecule has 1 aliphatic rings. The molecule has 44 heavy (non-hydrogen) atoms. The van der Waals surface area contributed by atoms with Gasteiger partial charge in [0, 0.05) is 69.1 Å². The summed E-state index contributed by atoms with van der Waals surface area (Å²) in [6.07, 6.45) is 8.67. The van der Waals surface area contributed by atoms with E-state index >= 15 is 0 Å². The van der Waals surface area contributed by atoms with Crippen LogP contribution in [0.5, 0.6) is 5.88 Å². The maximum atomic E-state index is 13.4. The van der Waals surface area contributed by atoms with Crippen LogP contribution >= 0.6 is 23.1 Å². The van der Waals surface area contributed by atoms with Gasteiger partial charge in [-0.3, -0.25) is 14.6 Å². The van der Waals surface area contributed by atoms with E-state index in [1.54, 1.807) is 43.7 Å². The average Bonchev–Trinajstić information content (AvgIpc) is 3.44. The molecule has 13 nitrogen and oxygen atoms in total. The molecule has 5 heterocycles. The Labute approximate surface area is 263 Å². The van der Waals surface area contributed by atoms with Crippen molar-refractivity contribution in [3.05, 3.63) is 53.7 Å². The van der Waals surface area contributed by atoms with Crippen LogP contribution in [0.1, 0.15) is 0 Å². The van der Waals surface area contributed by atoms with Crippen molar-refractivity contribution in [2.24, 2.45) is 7.05 Å². The molecule has 0 bridgehead atoms. The van der Waals surface area contributed by atoms with Crippen LogP contribution < -0.4 is 25.6 Å². The number of aryl methyl sites for hydroxylation is 1. The average molecular weight is 679 g/mol. The maximum absolute atomic E-state index is 13.4. The van der Waals surface area contributed by atoms with Gasteiger partial charge in [0.05, 0.1) is 34.3 Å². The summed E-state index contributed by atoms with van der Waals surface area (Å²) >= 11 is 3.56. The second kappa shape index (κ2) is 12.1. The van der Waals surface area contributed by atoms with E-state index in [9.17, 15) is 4.57 Å². The number of rotatable bonds is 8. The highest BCUT2D eigenvalue weighted by Gasteiger charge is 2.25. The molecule has 6 rings (SSSR count). The first-order valence-corrected chi connectivity index (χ1v) is 17.4. The first-order valence-electron chi connectivity index (χ1n) is 14.0. The third kappa shape index (κ3) is 6.10. The summed E-state index contributed by atoms with van der Waals surface area (Å²) in [5.74, 6) is 2.05. The van der Waals surface area contributed by atoms with E-state index in [0.29, 0.717) is 49.8 Å². The lowest BCUT2D eigenvalue weighted by atomic mass is 10.1.